The molecule has 1 atom stereocenters. The summed E-state index contributed by atoms with van der Waals surface area (Å²) in [5, 5.41) is 3.35. The van der Waals surface area contributed by atoms with Crippen molar-refractivity contribution in [1.29, 1.82) is 0 Å². The molecule has 0 saturated carbocycles. The number of methoxy groups -OCH3 is 1. The molecule has 0 heterocycles. The minimum atomic E-state index is -0.431. The van der Waals surface area contributed by atoms with E-state index in [1.807, 2.05) is 20.8 Å². The van der Waals surface area contributed by atoms with Gasteiger partial charge < -0.3 is 19.7 Å². The molecule has 0 aromatic rings. The van der Waals surface area contributed by atoms with Gasteiger partial charge in [0.05, 0.1) is 0 Å². The SMILES string of the molecule is COCC(C)CNCCCN(C)C(=O)OC(C)(C)C. The number of carbonyl (C=O) groups is 1. The zero-order chi connectivity index (χ0) is 14.9. The van der Waals surface area contributed by atoms with Gasteiger partial charge >= 0.3 is 6.09 Å². The average Bonchev–Trinajstić information content (AvgIpc) is 2.26. The highest BCUT2D eigenvalue weighted by atomic mass is 16.6. The first-order chi connectivity index (χ1) is 8.76. The first-order valence-corrected chi connectivity index (χ1v) is 6.90. The second-order valence-electron chi connectivity index (χ2n) is 6.02. The summed E-state index contributed by atoms with van der Waals surface area (Å²) in [5.41, 5.74) is -0.431. The molecule has 0 radical (unpaired) electrons. The first-order valence-electron chi connectivity index (χ1n) is 6.90. The third kappa shape index (κ3) is 10.8. The number of rotatable bonds is 8. The lowest BCUT2D eigenvalue weighted by molar-refractivity contribution is 0.0297. The highest BCUT2D eigenvalue weighted by Crippen LogP contribution is 2.09. The van der Waals surface area contributed by atoms with E-state index in [0.717, 1.165) is 26.1 Å². The summed E-state index contributed by atoms with van der Waals surface area (Å²) in [4.78, 5) is 13.3. The van der Waals surface area contributed by atoms with E-state index in [9.17, 15) is 4.79 Å². The van der Waals surface area contributed by atoms with Crippen molar-refractivity contribution >= 4 is 6.09 Å². The lowest BCUT2D eigenvalue weighted by Crippen LogP contribution is -2.36. The van der Waals surface area contributed by atoms with Crippen molar-refractivity contribution in [3.05, 3.63) is 0 Å². The van der Waals surface area contributed by atoms with Crippen molar-refractivity contribution in [1.82, 2.24) is 10.2 Å². The zero-order valence-electron chi connectivity index (χ0n) is 13.3. The van der Waals surface area contributed by atoms with Gasteiger partial charge in [-0.1, -0.05) is 6.92 Å². The highest BCUT2D eigenvalue weighted by Gasteiger charge is 2.18. The van der Waals surface area contributed by atoms with Gasteiger partial charge in [-0.05, 0) is 46.2 Å². The Kier molecular flexibility index (Phi) is 8.76. The molecule has 5 heteroatoms. The van der Waals surface area contributed by atoms with Crippen molar-refractivity contribution in [3.63, 3.8) is 0 Å². The van der Waals surface area contributed by atoms with Crippen LogP contribution in [0.1, 0.15) is 34.1 Å². The van der Waals surface area contributed by atoms with Crippen LogP contribution in [0, 0.1) is 5.92 Å². The van der Waals surface area contributed by atoms with Crippen molar-refractivity contribution < 1.29 is 14.3 Å². The van der Waals surface area contributed by atoms with E-state index in [-0.39, 0.29) is 6.09 Å². The molecule has 0 aliphatic heterocycles. The minimum absolute atomic E-state index is 0.264. The molecule has 19 heavy (non-hydrogen) atoms. The summed E-state index contributed by atoms with van der Waals surface area (Å²) >= 11 is 0. The molecule has 0 fully saturated rings. The van der Waals surface area contributed by atoms with Crippen LogP contribution >= 0.6 is 0 Å². The Morgan fingerprint density at radius 1 is 1.37 bits per heavy atom. The molecule has 0 aromatic heterocycles. The summed E-state index contributed by atoms with van der Waals surface area (Å²) in [6.07, 6.45) is 0.648. The number of nitrogens with one attached hydrogen (secondary N) is 1. The molecular weight excluding hydrogens is 244 g/mol. The Morgan fingerprint density at radius 3 is 2.53 bits per heavy atom. The molecule has 0 aliphatic rings. The smallest absolute Gasteiger partial charge is 0.410 e. The van der Waals surface area contributed by atoms with Crippen LogP contribution in [0.5, 0.6) is 0 Å². The summed E-state index contributed by atoms with van der Waals surface area (Å²) in [6, 6.07) is 0. The average molecular weight is 274 g/mol. The molecule has 1 amide bonds. The van der Waals surface area contributed by atoms with Crippen molar-refractivity contribution in [3.8, 4) is 0 Å². The van der Waals surface area contributed by atoms with Crippen molar-refractivity contribution in [2.75, 3.05) is 40.4 Å². The molecule has 0 rings (SSSR count). The van der Waals surface area contributed by atoms with Gasteiger partial charge in [0, 0.05) is 27.3 Å². The molecule has 0 saturated heterocycles. The Morgan fingerprint density at radius 2 is 2.00 bits per heavy atom. The molecular formula is C14H30N2O3. The topological polar surface area (TPSA) is 50.8 Å². The van der Waals surface area contributed by atoms with Crippen LogP contribution in [-0.4, -0.2) is 57.0 Å². The van der Waals surface area contributed by atoms with Gasteiger partial charge in [0.2, 0.25) is 0 Å². The van der Waals surface area contributed by atoms with Gasteiger partial charge in [0.25, 0.3) is 0 Å². The lowest BCUT2D eigenvalue weighted by Gasteiger charge is -2.24. The Balaban J connectivity index is 3.63. The quantitative estimate of drug-likeness (QED) is 0.689. The molecule has 0 aromatic carbocycles. The van der Waals surface area contributed by atoms with E-state index in [1.54, 1.807) is 19.1 Å². The van der Waals surface area contributed by atoms with Crippen LogP contribution in [0.25, 0.3) is 0 Å². The van der Waals surface area contributed by atoms with Crippen LogP contribution in [0.2, 0.25) is 0 Å². The standard InChI is InChI=1S/C14H30N2O3/c1-12(11-18-6)10-15-8-7-9-16(5)13(17)19-14(2,3)4/h12,15H,7-11H2,1-6H3. The Hall–Kier alpha value is -0.810. The maximum Gasteiger partial charge on any atom is 0.410 e. The van der Waals surface area contributed by atoms with Crippen LogP contribution < -0.4 is 5.32 Å². The molecule has 1 unspecified atom stereocenters. The van der Waals surface area contributed by atoms with Gasteiger partial charge in [-0.25, -0.2) is 4.79 Å². The highest BCUT2D eigenvalue weighted by molar-refractivity contribution is 5.67. The van der Waals surface area contributed by atoms with Gasteiger partial charge in [-0.2, -0.15) is 0 Å². The van der Waals surface area contributed by atoms with E-state index < -0.39 is 5.60 Å². The number of amides is 1. The van der Waals surface area contributed by atoms with Gasteiger partial charge in [0.1, 0.15) is 5.60 Å². The molecule has 114 valence electrons. The number of hydrogen-bond acceptors (Lipinski definition) is 4. The van der Waals surface area contributed by atoms with E-state index in [4.69, 9.17) is 9.47 Å². The molecule has 5 nitrogen and oxygen atoms in total. The molecule has 0 spiro atoms. The predicted octanol–water partition coefficient (Wildman–Crippen LogP) is 2.12. The van der Waals surface area contributed by atoms with Gasteiger partial charge in [-0.3, -0.25) is 0 Å². The molecule has 0 bridgehead atoms. The van der Waals surface area contributed by atoms with E-state index in [2.05, 4.69) is 12.2 Å². The number of hydrogen-bond donors (Lipinski definition) is 1. The summed E-state index contributed by atoms with van der Waals surface area (Å²) < 4.78 is 10.3. The number of ether oxygens (including phenoxy) is 2. The van der Waals surface area contributed by atoms with Gasteiger partial charge in [0.15, 0.2) is 0 Å². The van der Waals surface area contributed by atoms with Crippen LogP contribution in [-0.2, 0) is 9.47 Å². The number of carbonyl (C=O) groups excluding carboxylic acids is 1. The molecule has 1 N–H and O–H groups in total. The third-order valence-electron chi connectivity index (χ3n) is 2.50. The predicted molar refractivity (Wildman–Crippen MR) is 77.4 cm³/mol. The normalized spacial score (nSPS) is 13.2. The maximum absolute atomic E-state index is 11.7. The fourth-order valence-corrected chi connectivity index (χ4v) is 1.56. The summed E-state index contributed by atoms with van der Waals surface area (Å²) in [6.45, 7) is 11.0. The largest absolute Gasteiger partial charge is 0.444 e. The first kappa shape index (κ1) is 18.2. The Labute approximate surface area is 117 Å². The van der Waals surface area contributed by atoms with E-state index in [1.165, 1.54) is 0 Å². The molecule has 0 aliphatic carbocycles. The second-order valence-corrected chi connectivity index (χ2v) is 6.02. The monoisotopic (exact) mass is 274 g/mol. The van der Waals surface area contributed by atoms with Crippen molar-refractivity contribution in [2.45, 2.75) is 39.7 Å². The maximum atomic E-state index is 11.7. The van der Waals surface area contributed by atoms with Gasteiger partial charge in [-0.15, -0.1) is 0 Å². The summed E-state index contributed by atoms with van der Waals surface area (Å²) in [7, 11) is 3.48. The van der Waals surface area contributed by atoms with Crippen LogP contribution in [0.3, 0.4) is 0 Å². The summed E-state index contributed by atoms with van der Waals surface area (Å²) in [5.74, 6) is 0.508. The fraction of sp³-hybridized carbons (Fsp3) is 0.929. The van der Waals surface area contributed by atoms with Crippen LogP contribution in [0.4, 0.5) is 4.79 Å². The minimum Gasteiger partial charge on any atom is -0.444 e. The zero-order valence-corrected chi connectivity index (χ0v) is 13.3. The third-order valence-corrected chi connectivity index (χ3v) is 2.50. The van der Waals surface area contributed by atoms with Crippen molar-refractivity contribution in [2.24, 2.45) is 5.92 Å². The second kappa shape index (κ2) is 9.15. The van der Waals surface area contributed by atoms with E-state index in [0.29, 0.717) is 12.5 Å². The fourth-order valence-electron chi connectivity index (χ4n) is 1.56. The lowest BCUT2D eigenvalue weighted by atomic mass is 10.2. The Bertz CT molecular complexity index is 252. The number of nitrogens with zero attached hydrogens (tertiary/aromatic N) is 1. The van der Waals surface area contributed by atoms with Crippen LogP contribution in [0.15, 0.2) is 0 Å². The van der Waals surface area contributed by atoms with E-state index >= 15 is 0 Å².